The van der Waals surface area contributed by atoms with Crippen molar-refractivity contribution in [1.82, 2.24) is 9.80 Å². The minimum Gasteiger partial charge on any atom is -0.466 e. The third-order valence-electron chi connectivity index (χ3n) is 11.3. The maximum absolute atomic E-state index is 12.7. The van der Waals surface area contributed by atoms with E-state index in [4.69, 9.17) is 9.47 Å². The molecule has 2 N–H and O–H groups in total. The Labute approximate surface area is 341 Å². The molecule has 0 spiro atoms. The Morgan fingerprint density at radius 3 is 1.55 bits per heavy atom. The Morgan fingerprint density at radius 2 is 0.927 bits per heavy atom. The summed E-state index contributed by atoms with van der Waals surface area (Å²) in [4.78, 5) is 29.4. The number of aliphatic hydroxyl groups is 2. The second-order valence-electron chi connectivity index (χ2n) is 16.5. The molecule has 0 saturated carbocycles. The van der Waals surface area contributed by atoms with Crippen molar-refractivity contribution in [2.24, 2.45) is 5.92 Å². The molecule has 1 unspecified atom stereocenters. The lowest BCUT2D eigenvalue weighted by molar-refractivity contribution is -0.145. The first-order chi connectivity index (χ1) is 26.9. The van der Waals surface area contributed by atoms with Crippen LogP contribution in [-0.2, 0) is 19.1 Å². The van der Waals surface area contributed by atoms with Crippen molar-refractivity contribution < 1.29 is 29.3 Å². The zero-order valence-electron chi connectivity index (χ0n) is 37.2. The van der Waals surface area contributed by atoms with Crippen LogP contribution >= 0.6 is 0 Å². The molecule has 55 heavy (non-hydrogen) atoms. The quantitative estimate of drug-likeness (QED) is 0.0466. The highest BCUT2D eigenvalue weighted by atomic mass is 16.5. The molecule has 8 nitrogen and oxygen atoms in total. The van der Waals surface area contributed by atoms with Crippen LogP contribution in [0, 0.1) is 5.92 Å². The van der Waals surface area contributed by atoms with E-state index in [-0.39, 0.29) is 25.2 Å². The molecular weight excluding hydrogens is 689 g/mol. The Bertz CT molecular complexity index is 798. The topological polar surface area (TPSA) is 99.5 Å². The highest BCUT2D eigenvalue weighted by molar-refractivity contribution is 5.69. The fourth-order valence-electron chi connectivity index (χ4n) is 7.77. The number of hydrogen-bond donors (Lipinski definition) is 2. The largest absolute Gasteiger partial charge is 0.466 e. The van der Waals surface area contributed by atoms with Crippen molar-refractivity contribution in [3.05, 3.63) is 0 Å². The summed E-state index contributed by atoms with van der Waals surface area (Å²) in [5.41, 5.74) is 0. The molecule has 8 heteroatoms. The van der Waals surface area contributed by atoms with E-state index in [0.717, 1.165) is 96.7 Å². The second kappa shape index (κ2) is 42.4. The van der Waals surface area contributed by atoms with Crippen LogP contribution in [0.4, 0.5) is 0 Å². The SMILES string of the molecule is CCCCCCCCC(CCCCCCCC)COC(=O)CCCCCN(CCO)CCCN(CCO)C(CCCC)CCCCCOC(=O)CCCCC. The van der Waals surface area contributed by atoms with Crippen molar-refractivity contribution in [1.29, 1.82) is 0 Å². The minimum absolute atomic E-state index is 0.0362. The van der Waals surface area contributed by atoms with Crippen molar-refractivity contribution in [2.45, 2.75) is 226 Å². The molecule has 0 aromatic carbocycles. The third-order valence-corrected chi connectivity index (χ3v) is 11.3. The van der Waals surface area contributed by atoms with Gasteiger partial charge in [0, 0.05) is 32.0 Å². The molecule has 0 fully saturated rings. The summed E-state index contributed by atoms with van der Waals surface area (Å²) in [6.07, 6.45) is 33.8. The fraction of sp³-hybridized carbons (Fsp3) is 0.957. The van der Waals surface area contributed by atoms with Crippen molar-refractivity contribution >= 4 is 11.9 Å². The average Bonchev–Trinajstić information content (AvgIpc) is 3.18. The summed E-state index contributed by atoms with van der Waals surface area (Å²) in [6, 6.07) is 0.455. The van der Waals surface area contributed by atoms with Gasteiger partial charge in [0.2, 0.25) is 0 Å². The summed E-state index contributed by atoms with van der Waals surface area (Å²) in [7, 11) is 0. The number of unbranched alkanes of at least 4 members (excludes halogenated alkanes) is 17. The Balaban J connectivity index is 4.58. The maximum atomic E-state index is 12.7. The van der Waals surface area contributed by atoms with Gasteiger partial charge in [-0.25, -0.2) is 0 Å². The van der Waals surface area contributed by atoms with E-state index in [1.165, 1.54) is 103 Å². The predicted octanol–water partition coefficient (Wildman–Crippen LogP) is 11.4. The van der Waals surface area contributed by atoms with Gasteiger partial charge in [0.1, 0.15) is 0 Å². The van der Waals surface area contributed by atoms with Crippen molar-refractivity contribution in [3.63, 3.8) is 0 Å². The Hall–Kier alpha value is -1.22. The number of nitrogens with zero attached hydrogens (tertiary/aromatic N) is 2. The van der Waals surface area contributed by atoms with E-state index in [0.29, 0.717) is 51.1 Å². The van der Waals surface area contributed by atoms with Gasteiger partial charge in [0.05, 0.1) is 26.4 Å². The number of carbonyl (C=O) groups excluding carboxylic acids is 2. The lowest BCUT2D eigenvalue weighted by Gasteiger charge is -2.32. The standard InChI is InChI=1S/C47H94N2O6/c1-5-9-13-15-17-22-29-44(30-23-18-16-14-10-6-2)43-55-47(53)34-25-19-26-35-48(38-40-50)36-28-37-49(39-41-51)45(31-12-8-4)32-24-20-27-42-54-46(52)33-21-11-7-3/h44-45,50-51H,5-43H2,1-4H3. The normalized spacial score (nSPS) is 12.3. The van der Waals surface area contributed by atoms with Gasteiger partial charge in [-0.3, -0.25) is 14.5 Å². The first-order valence-corrected chi connectivity index (χ1v) is 23.9. The highest BCUT2D eigenvalue weighted by Crippen LogP contribution is 2.21. The lowest BCUT2D eigenvalue weighted by atomic mass is 9.94. The molecular formula is C47H94N2O6. The fourth-order valence-corrected chi connectivity index (χ4v) is 7.77. The molecule has 0 rings (SSSR count). The third kappa shape index (κ3) is 35.7. The number of carbonyl (C=O) groups is 2. The molecule has 0 aliphatic heterocycles. The van der Waals surface area contributed by atoms with Crippen molar-refractivity contribution in [2.75, 3.05) is 59.2 Å². The average molecular weight is 783 g/mol. The van der Waals surface area contributed by atoms with Gasteiger partial charge < -0.3 is 24.6 Å². The van der Waals surface area contributed by atoms with Crippen LogP contribution in [0.15, 0.2) is 0 Å². The zero-order chi connectivity index (χ0) is 40.5. The maximum Gasteiger partial charge on any atom is 0.305 e. The van der Waals surface area contributed by atoms with E-state index in [2.05, 4.69) is 37.5 Å². The molecule has 328 valence electrons. The number of esters is 2. The summed E-state index contributed by atoms with van der Waals surface area (Å²) in [5, 5.41) is 19.7. The van der Waals surface area contributed by atoms with Crippen molar-refractivity contribution in [3.8, 4) is 0 Å². The zero-order valence-corrected chi connectivity index (χ0v) is 37.2. The van der Waals surface area contributed by atoms with Crippen LogP contribution in [0.2, 0.25) is 0 Å². The summed E-state index contributed by atoms with van der Waals surface area (Å²) < 4.78 is 11.3. The van der Waals surface area contributed by atoms with Gasteiger partial charge in [0.15, 0.2) is 0 Å². The predicted molar refractivity (Wildman–Crippen MR) is 233 cm³/mol. The minimum atomic E-state index is -0.0604. The monoisotopic (exact) mass is 783 g/mol. The van der Waals surface area contributed by atoms with Gasteiger partial charge in [-0.05, 0) is 83.3 Å². The lowest BCUT2D eigenvalue weighted by Crippen LogP contribution is -2.40. The molecule has 0 aliphatic carbocycles. The molecule has 0 bridgehead atoms. The smallest absolute Gasteiger partial charge is 0.305 e. The van der Waals surface area contributed by atoms with Gasteiger partial charge in [-0.15, -0.1) is 0 Å². The van der Waals surface area contributed by atoms with Crippen LogP contribution in [0.1, 0.15) is 220 Å². The first kappa shape index (κ1) is 53.8. The van der Waals surface area contributed by atoms with Crippen LogP contribution in [0.5, 0.6) is 0 Å². The molecule has 1 atom stereocenters. The Kier molecular flexibility index (Phi) is 41.4. The Morgan fingerprint density at radius 1 is 0.455 bits per heavy atom. The van der Waals surface area contributed by atoms with E-state index < -0.39 is 0 Å². The highest BCUT2D eigenvalue weighted by Gasteiger charge is 2.18. The van der Waals surface area contributed by atoms with Gasteiger partial charge in [0.25, 0.3) is 0 Å². The van der Waals surface area contributed by atoms with Crippen LogP contribution < -0.4 is 0 Å². The number of hydrogen-bond acceptors (Lipinski definition) is 8. The second-order valence-corrected chi connectivity index (χ2v) is 16.5. The van der Waals surface area contributed by atoms with E-state index in [1.807, 2.05) is 0 Å². The molecule has 0 amide bonds. The number of ether oxygens (including phenoxy) is 2. The van der Waals surface area contributed by atoms with Crippen LogP contribution in [0.3, 0.4) is 0 Å². The number of aliphatic hydroxyl groups excluding tert-OH is 2. The van der Waals surface area contributed by atoms with Crippen LogP contribution in [-0.4, -0.2) is 97.1 Å². The summed E-state index contributed by atoms with van der Waals surface area (Å²) >= 11 is 0. The van der Waals surface area contributed by atoms with Gasteiger partial charge in [-0.1, -0.05) is 150 Å². The van der Waals surface area contributed by atoms with Crippen LogP contribution in [0.25, 0.3) is 0 Å². The van der Waals surface area contributed by atoms with E-state index in [1.54, 1.807) is 0 Å². The van der Waals surface area contributed by atoms with Gasteiger partial charge in [-0.2, -0.15) is 0 Å². The molecule has 0 aliphatic rings. The molecule has 0 radical (unpaired) electrons. The summed E-state index contributed by atoms with van der Waals surface area (Å²) in [6.45, 7) is 14.5. The van der Waals surface area contributed by atoms with E-state index in [9.17, 15) is 19.8 Å². The molecule has 0 aromatic rings. The first-order valence-electron chi connectivity index (χ1n) is 23.9. The van der Waals surface area contributed by atoms with Gasteiger partial charge >= 0.3 is 11.9 Å². The molecule has 0 aromatic heterocycles. The molecule has 0 heterocycles. The summed E-state index contributed by atoms with van der Waals surface area (Å²) in [5.74, 6) is 0.409. The van der Waals surface area contributed by atoms with E-state index >= 15 is 0 Å². The molecule has 0 saturated heterocycles. The number of rotatable bonds is 44.